The molecule has 6 heteroatoms. The van der Waals surface area contributed by atoms with Gasteiger partial charge in [0.1, 0.15) is 5.58 Å². The van der Waals surface area contributed by atoms with Gasteiger partial charge in [-0.25, -0.2) is 9.97 Å². The second kappa shape index (κ2) is 16.7. The van der Waals surface area contributed by atoms with Crippen LogP contribution in [0.3, 0.4) is 0 Å². The van der Waals surface area contributed by atoms with Gasteiger partial charge in [0.15, 0.2) is 5.58 Å². The van der Waals surface area contributed by atoms with Gasteiger partial charge in [-0.1, -0.05) is 182 Å². The van der Waals surface area contributed by atoms with Gasteiger partial charge in [-0.3, -0.25) is 4.57 Å². The molecule has 0 unspecified atom stereocenters. The van der Waals surface area contributed by atoms with Gasteiger partial charge in [0, 0.05) is 60.0 Å². The number of benzene rings is 13. The Morgan fingerprint density at radius 2 is 0.974 bits per heavy atom. The van der Waals surface area contributed by atoms with Crippen molar-refractivity contribution >= 4 is 146 Å². The normalized spacial score (nSPS) is 12.1. The number of rotatable bonds is 6. The molecular formula is C72H42N4OS. The van der Waals surface area contributed by atoms with Gasteiger partial charge in [0.2, 0.25) is 5.95 Å². The van der Waals surface area contributed by atoms with Crippen LogP contribution < -0.4 is 4.90 Å². The van der Waals surface area contributed by atoms with Crippen molar-refractivity contribution in [1.82, 2.24) is 14.5 Å². The van der Waals surface area contributed by atoms with E-state index in [0.717, 1.165) is 83.2 Å². The number of anilines is 3. The van der Waals surface area contributed by atoms with E-state index in [1.165, 1.54) is 74.0 Å². The number of fused-ring (bicyclic) bond motifs is 20. The Kier molecular flexibility index (Phi) is 9.22. The highest BCUT2D eigenvalue weighted by atomic mass is 32.1. The van der Waals surface area contributed by atoms with E-state index in [0.29, 0.717) is 5.95 Å². The van der Waals surface area contributed by atoms with Crippen LogP contribution in [0, 0.1) is 0 Å². The molecule has 0 aliphatic carbocycles. The van der Waals surface area contributed by atoms with E-state index < -0.39 is 0 Å². The molecule has 0 aliphatic rings. The lowest BCUT2D eigenvalue weighted by molar-refractivity contribution is 0.669. The van der Waals surface area contributed by atoms with Crippen LogP contribution in [0.2, 0.25) is 0 Å². The van der Waals surface area contributed by atoms with E-state index in [4.69, 9.17) is 14.4 Å². The monoisotopic (exact) mass is 1010 g/mol. The summed E-state index contributed by atoms with van der Waals surface area (Å²) in [5.74, 6) is 0.655. The summed E-state index contributed by atoms with van der Waals surface area (Å²) in [6.45, 7) is 0. The fourth-order valence-electron chi connectivity index (χ4n) is 12.7. The van der Waals surface area contributed by atoms with Gasteiger partial charge >= 0.3 is 0 Å². The summed E-state index contributed by atoms with van der Waals surface area (Å²) in [6.07, 6.45) is 1.97. The third-order valence-electron chi connectivity index (χ3n) is 16.1. The van der Waals surface area contributed by atoms with Crippen molar-refractivity contribution in [3.63, 3.8) is 0 Å². The van der Waals surface area contributed by atoms with Crippen LogP contribution in [0.4, 0.5) is 17.1 Å². The molecule has 17 rings (SSSR count). The Morgan fingerprint density at radius 3 is 1.73 bits per heavy atom. The minimum absolute atomic E-state index is 0.655. The lowest BCUT2D eigenvalue weighted by Crippen LogP contribution is -2.10. The summed E-state index contributed by atoms with van der Waals surface area (Å²) in [7, 11) is 0. The van der Waals surface area contributed by atoms with Crippen LogP contribution >= 0.6 is 11.3 Å². The number of nitrogens with zero attached hydrogens (tertiary/aromatic N) is 4. The Balaban J connectivity index is 0.918. The van der Waals surface area contributed by atoms with Crippen molar-refractivity contribution in [2.75, 3.05) is 4.90 Å². The third kappa shape index (κ3) is 6.35. The molecule has 0 saturated carbocycles. The SMILES string of the molecule is c1ccc(-c2cccc(N(c3cccc(-c4ccc5sc6c(c5c4)c4ccccc4c4c5cc7c8ccccc8c8ccccc8c7cc5n(-c5ncc7ccccc7n5)c64)c3)c3cccc4c3oc3ccccc34)c2)cc1. The molecule has 0 N–H and O–H groups in total. The Labute approximate surface area is 450 Å². The Bertz CT molecular complexity index is 5360. The molecule has 78 heavy (non-hydrogen) atoms. The van der Waals surface area contributed by atoms with Crippen LogP contribution in [-0.4, -0.2) is 14.5 Å². The smallest absolute Gasteiger partial charge is 0.235 e. The highest BCUT2D eigenvalue weighted by Gasteiger charge is 2.26. The molecule has 5 nitrogen and oxygen atoms in total. The second-order valence-corrected chi connectivity index (χ2v) is 21.5. The van der Waals surface area contributed by atoms with E-state index >= 15 is 0 Å². The van der Waals surface area contributed by atoms with Crippen molar-refractivity contribution < 1.29 is 4.42 Å². The zero-order valence-corrected chi connectivity index (χ0v) is 42.7. The quantitative estimate of drug-likeness (QED) is 0.156. The first-order chi connectivity index (χ1) is 38.7. The fourth-order valence-corrected chi connectivity index (χ4v) is 13.9. The van der Waals surface area contributed by atoms with Crippen molar-refractivity contribution in [1.29, 1.82) is 0 Å². The minimum atomic E-state index is 0.655. The van der Waals surface area contributed by atoms with E-state index in [1.54, 1.807) is 0 Å². The summed E-state index contributed by atoms with van der Waals surface area (Å²) < 4.78 is 11.5. The van der Waals surface area contributed by atoms with Gasteiger partial charge in [-0.15, -0.1) is 11.3 Å². The standard InChI is InChI=1S/C72H42N4OS/c1-2-17-43(18-3-1)44-20-14-22-48(37-44)75(63-33-16-31-57-54-28-11-13-34-65(54)77-70(57)63)49-23-15-21-45(38-49)46-35-36-66-61(39-46)68-56-30-10-9-29-55(56)67-60-40-58-52-26-7-5-24-50(52)51-25-6-8-27-53(51)59(58)41-64(60)76(69(67)71(68)78-66)72-73-42-47-19-4-12-32-62(47)74-72/h1-42H. The highest BCUT2D eigenvalue weighted by molar-refractivity contribution is 7.27. The molecule has 0 aliphatic heterocycles. The summed E-state index contributed by atoms with van der Waals surface area (Å²) in [5, 5.41) is 17.9. The summed E-state index contributed by atoms with van der Waals surface area (Å²) in [4.78, 5) is 12.9. The minimum Gasteiger partial charge on any atom is -0.454 e. The summed E-state index contributed by atoms with van der Waals surface area (Å²) in [5.41, 5.74) is 12.4. The van der Waals surface area contributed by atoms with Crippen LogP contribution in [0.25, 0.3) is 146 Å². The topological polar surface area (TPSA) is 47.1 Å². The van der Waals surface area contributed by atoms with E-state index in [-0.39, 0.29) is 0 Å². The number of aromatic nitrogens is 3. The molecular weight excluding hydrogens is 969 g/mol. The number of furan rings is 1. The molecule has 0 saturated heterocycles. The van der Waals surface area contributed by atoms with Crippen LogP contribution in [-0.2, 0) is 0 Å². The maximum atomic E-state index is 6.76. The van der Waals surface area contributed by atoms with Crippen molar-refractivity contribution in [2.45, 2.75) is 0 Å². The molecule has 4 heterocycles. The van der Waals surface area contributed by atoms with Gasteiger partial charge in [0.05, 0.1) is 26.9 Å². The van der Waals surface area contributed by atoms with Gasteiger partial charge < -0.3 is 9.32 Å². The molecule has 4 aromatic heterocycles. The zero-order valence-electron chi connectivity index (χ0n) is 41.9. The fraction of sp³-hybridized carbons (Fsp3) is 0. The molecule has 0 bridgehead atoms. The Morgan fingerprint density at radius 1 is 0.397 bits per heavy atom. The summed E-state index contributed by atoms with van der Waals surface area (Å²) >= 11 is 1.86. The zero-order chi connectivity index (χ0) is 51.0. The maximum absolute atomic E-state index is 6.76. The van der Waals surface area contributed by atoms with Crippen molar-refractivity contribution in [3.8, 4) is 28.2 Å². The van der Waals surface area contributed by atoms with Crippen LogP contribution in [0.5, 0.6) is 0 Å². The van der Waals surface area contributed by atoms with E-state index in [1.807, 2.05) is 23.6 Å². The molecule has 13 aromatic carbocycles. The molecule has 0 amide bonds. The predicted octanol–water partition coefficient (Wildman–Crippen LogP) is 20.4. The largest absolute Gasteiger partial charge is 0.454 e. The Hall–Kier alpha value is -10.1. The second-order valence-electron chi connectivity index (χ2n) is 20.4. The number of thiophene rings is 1. The average molecular weight is 1010 g/mol. The molecule has 0 atom stereocenters. The third-order valence-corrected chi connectivity index (χ3v) is 17.3. The average Bonchev–Trinajstić information content (AvgIpc) is 4.40. The van der Waals surface area contributed by atoms with Gasteiger partial charge in [-0.05, 0) is 132 Å². The van der Waals surface area contributed by atoms with Gasteiger partial charge in [-0.2, -0.15) is 0 Å². The first kappa shape index (κ1) is 43.1. The lowest BCUT2D eigenvalue weighted by atomic mass is 9.92. The summed E-state index contributed by atoms with van der Waals surface area (Å²) in [6, 6.07) is 90.1. The predicted molar refractivity (Wildman–Crippen MR) is 330 cm³/mol. The maximum Gasteiger partial charge on any atom is 0.235 e. The van der Waals surface area contributed by atoms with Gasteiger partial charge in [0.25, 0.3) is 0 Å². The molecule has 0 fully saturated rings. The number of hydrogen-bond donors (Lipinski definition) is 0. The lowest BCUT2D eigenvalue weighted by Gasteiger charge is -2.26. The molecule has 0 spiro atoms. The van der Waals surface area contributed by atoms with Crippen molar-refractivity contribution in [3.05, 3.63) is 255 Å². The molecule has 362 valence electrons. The highest BCUT2D eigenvalue weighted by Crippen LogP contribution is 2.51. The van der Waals surface area contributed by atoms with Crippen LogP contribution in [0.1, 0.15) is 0 Å². The van der Waals surface area contributed by atoms with E-state index in [2.05, 4.69) is 252 Å². The van der Waals surface area contributed by atoms with E-state index in [9.17, 15) is 0 Å². The number of hydrogen-bond acceptors (Lipinski definition) is 5. The van der Waals surface area contributed by atoms with Crippen LogP contribution in [0.15, 0.2) is 259 Å². The van der Waals surface area contributed by atoms with Crippen molar-refractivity contribution in [2.24, 2.45) is 0 Å². The first-order valence-corrected chi connectivity index (χ1v) is 27.3. The number of para-hydroxylation sites is 3. The molecule has 17 aromatic rings. The first-order valence-electron chi connectivity index (χ1n) is 26.5. The molecule has 0 radical (unpaired) electrons.